The maximum absolute atomic E-state index is 12.2. The van der Waals surface area contributed by atoms with Crippen molar-refractivity contribution in [2.75, 3.05) is 18.4 Å². The molecule has 0 saturated heterocycles. The van der Waals surface area contributed by atoms with E-state index in [-0.39, 0.29) is 5.91 Å². The number of benzene rings is 1. The maximum Gasteiger partial charge on any atom is 0.270 e. The smallest absolute Gasteiger partial charge is 0.270 e. The lowest BCUT2D eigenvalue weighted by molar-refractivity contribution is 0.0949. The first kappa shape index (κ1) is 18.2. The Kier molecular flexibility index (Phi) is 7.49. The summed E-state index contributed by atoms with van der Waals surface area (Å²) >= 11 is 5.85. The molecular weight excluding hydrogens is 324 g/mol. The zero-order valence-electron chi connectivity index (χ0n) is 13.9. The van der Waals surface area contributed by atoms with Crippen molar-refractivity contribution in [1.29, 1.82) is 0 Å². The van der Waals surface area contributed by atoms with Gasteiger partial charge in [0.1, 0.15) is 5.69 Å². The van der Waals surface area contributed by atoms with Gasteiger partial charge in [-0.05, 0) is 36.6 Å². The van der Waals surface area contributed by atoms with Crippen LogP contribution in [0.5, 0.6) is 0 Å². The summed E-state index contributed by atoms with van der Waals surface area (Å²) in [6.45, 7) is 3.52. The third-order valence-electron chi connectivity index (χ3n) is 3.56. The van der Waals surface area contributed by atoms with Gasteiger partial charge in [0.15, 0.2) is 0 Å². The Labute approximate surface area is 147 Å². The van der Waals surface area contributed by atoms with Gasteiger partial charge in [-0.1, -0.05) is 43.5 Å². The van der Waals surface area contributed by atoms with Gasteiger partial charge < -0.3 is 10.6 Å². The molecule has 0 aliphatic rings. The van der Waals surface area contributed by atoms with Gasteiger partial charge in [0.25, 0.3) is 5.91 Å². The number of anilines is 1. The monoisotopic (exact) mass is 346 g/mol. The summed E-state index contributed by atoms with van der Waals surface area (Å²) in [6.07, 6.45) is 5.74. The Balaban J connectivity index is 1.80. The minimum absolute atomic E-state index is 0.192. The number of carbonyl (C=O) groups excluding carboxylic acids is 1. The number of nitrogens with zero attached hydrogens (tertiary/aromatic N) is 2. The molecule has 0 aliphatic heterocycles. The highest BCUT2D eigenvalue weighted by Crippen LogP contribution is 2.09. The lowest BCUT2D eigenvalue weighted by atomic mass is 10.1. The molecule has 1 amide bonds. The number of hydrogen-bond donors (Lipinski definition) is 2. The van der Waals surface area contributed by atoms with Crippen LogP contribution < -0.4 is 10.6 Å². The molecule has 2 N–H and O–H groups in total. The second-order valence-corrected chi connectivity index (χ2v) is 5.97. The molecule has 0 aliphatic carbocycles. The molecule has 0 fully saturated rings. The molecule has 24 heavy (non-hydrogen) atoms. The third-order valence-corrected chi connectivity index (χ3v) is 3.82. The standard InChI is InChI=1S/C18H23ClN4O/c1-2-3-4-11-21-18-22-13-10-16(23-18)17(24)20-12-9-14-5-7-15(19)8-6-14/h5-8,10,13H,2-4,9,11-12H2,1H3,(H,20,24)(H,21,22,23). The molecule has 6 heteroatoms. The summed E-state index contributed by atoms with van der Waals surface area (Å²) < 4.78 is 0. The van der Waals surface area contributed by atoms with Crippen LogP contribution in [0.4, 0.5) is 5.95 Å². The Morgan fingerprint density at radius 3 is 2.67 bits per heavy atom. The quantitative estimate of drug-likeness (QED) is 0.679. The molecule has 2 aromatic rings. The summed E-state index contributed by atoms with van der Waals surface area (Å²) in [5, 5.41) is 6.73. The summed E-state index contributed by atoms with van der Waals surface area (Å²) in [7, 11) is 0. The molecule has 0 atom stereocenters. The molecule has 128 valence electrons. The minimum Gasteiger partial charge on any atom is -0.354 e. The molecule has 5 nitrogen and oxygen atoms in total. The molecule has 1 aromatic heterocycles. The van der Waals surface area contributed by atoms with Crippen LogP contribution in [-0.2, 0) is 6.42 Å². The Bertz CT molecular complexity index is 646. The molecule has 2 rings (SSSR count). The number of unbranched alkanes of at least 4 members (excludes halogenated alkanes) is 2. The van der Waals surface area contributed by atoms with Crippen LogP contribution in [0.1, 0.15) is 42.2 Å². The highest BCUT2D eigenvalue weighted by atomic mass is 35.5. The van der Waals surface area contributed by atoms with Crippen molar-refractivity contribution in [3.05, 3.63) is 52.8 Å². The van der Waals surface area contributed by atoms with Gasteiger partial charge in [0.2, 0.25) is 5.95 Å². The van der Waals surface area contributed by atoms with E-state index in [9.17, 15) is 4.79 Å². The molecule has 0 radical (unpaired) electrons. The second kappa shape index (κ2) is 9.88. The van der Waals surface area contributed by atoms with Crippen molar-refractivity contribution in [3.63, 3.8) is 0 Å². The van der Waals surface area contributed by atoms with Crippen molar-refractivity contribution in [2.45, 2.75) is 32.6 Å². The minimum atomic E-state index is -0.192. The highest BCUT2D eigenvalue weighted by molar-refractivity contribution is 6.30. The first-order valence-electron chi connectivity index (χ1n) is 8.28. The highest BCUT2D eigenvalue weighted by Gasteiger charge is 2.08. The normalized spacial score (nSPS) is 10.4. The zero-order chi connectivity index (χ0) is 17.2. The van der Waals surface area contributed by atoms with E-state index < -0.39 is 0 Å². The van der Waals surface area contributed by atoms with Crippen LogP contribution in [0, 0.1) is 0 Å². The van der Waals surface area contributed by atoms with Crippen molar-refractivity contribution < 1.29 is 4.79 Å². The molecule has 0 spiro atoms. The fraction of sp³-hybridized carbons (Fsp3) is 0.389. The van der Waals surface area contributed by atoms with Gasteiger partial charge in [-0.25, -0.2) is 9.97 Å². The van der Waals surface area contributed by atoms with Crippen LogP contribution >= 0.6 is 11.6 Å². The number of carbonyl (C=O) groups is 1. The second-order valence-electron chi connectivity index (χ2n) is 5.53. The molecule has 0 saturated carbocycles. The molecular formula is C18H23ClN4O. The number of nitrogens with one attached hydrogen (secondary N) is 2. The molecule has 0 unspecified atom stereocenters. The lowest BCUT2D eigenvalue weighted by Gasteiger charge is -2.07. The van der Waals surface area contributed by atoms with E-state index in [1.807, 2.05) is 24.3 Å². The van der Waals surface area contributed by atoms with Crippen LogP contribution in [0.25, 0.3) is 0 Å². The van der Waals surface area contributed by atoms with E-state index in [0.29, 0.717) is 23.2 Å². The van der Waals surface area contributed by atoms with Crippen molar-refractivity contribution in [1.82, 2.24) is 15.3 Å². The summed E-state index contributed by atoms with van der Waals surface area (Å²) in [4.78, 5) is 20.6. The Morgan fingerprint density at radius 2 is 1.92 bits per heavy atom. The number of halogens is 1. The van der Waals surface area contributed by atoms with Gasteiger partial charge in [0.05, 0.1) is 0 Å². The van der Waals surface area contributed by atoms with Crippen molar-refractivity contribution >= 4 is 23.5 Å². The maximum atomic E-state index is 12.2. The number of amides is 1. The van der Waals surface area contributed by atoms with Gasteiger partial charge in [-0.3, -0.25) is 4.79 Å². The predicted molar refractivity (Wildman–Crippen MR) is 97.5 cm³/mol. The number of rotatable bonds is 9. The predicted octanol–water partition coefficient (Wildman–Crippen LogP) is 3.70. The fourth-order valence-corrected chi connectivity index (χ4v) is 2.33. The van der Waals surface area contributed by atoms with Gasteiger partial charge in [-0.2, -0.15) is 0 Å². The summed E-state index contributed by atoms with van der Waals surface area (Å²) in [6, 6.07) is 9.23. The van der Waals surface area contributed by atoms with Gasteiger partial charge >= 0.3 is 0 Å². The van der Waals surface area contributed by atoms with Gasteiger partial charge in [0, 0.05) is 24.3 Å². The lowest BCUT2D eigenvalue weighted by Crippen LogP contribution is -2.27. The average molecular weight is 347 g/mol. The first-order chi connectivity index (χ1) is 11.7. The van der Waals surface area contributed by atoms with E-state index in [1.165, 1.54) is 6.42 Å². The number of aromatic nitrogens is 2. The van der Waals surface area contributed by atoms with E-state index in [2.05, 4.69) is 27.5 Å². The van der Waals surface area contributed by atoms with Gasteiger partial charge in [-0.15, -0.1) is 0 Å². The summed E-state index contributed by atoms with van der Waals surface area (Å²) in [5.41, 5.74) is 1.50. The van der Waals surface area contributed by atoms with Crippen LogP contribution in [0.15, 0.2) is 36.5 Å². The van der Waals surface area contributed by atoms with Crippen molar-refractivity contribution in [3.8, 4) is 0 Å². The SMILES string of the molecule is CCCCCNc1nccc(C(=O)NCCc2ccc(Cl)cc2)n1. The zero-order valence-corrected chi connectivity index (χ0v) is 14.6. The Morgan fingerprint density at radius 1 is 1.12 bits per heavy atom. The fourth-order valence-electron chi connectivity index (χ4n) is 2.21. The van der Waals surface area contributed by atoms with Crippen LogP contribution in [0.3, 0.4) is 0 Å². The molecule has 1 heterocycles. The molecule has 1 aromatic carbocycles. The first-order valence-corrected chi connectivity index (χ1v) is 8.66. The van der Waals surface area contributed by atoms with E-state index in [0.717, 1.165) is 31.4 Å². The van der Waals surface area contributed by atoms with E-state index in [1.54, 1.807) is 12.3 Å². The largest absolute Gasteiger partial charge is 0.354 e. The number of hydrogen-bond acceptors (Lipinski definition) is 4. The molecule has 0 bridgehead atoms. The topological polar surface area (TPSA) is 66.9 Å². The van der Waals surface area contributed by atoms with Crippen LogP contribution in [-0.4, -0.2) is 29.0 Å². The van der Waals surface area contributed by atoms with E-state index in [4.69, 9.17) is 11.6 Å². The third kappa shape index (κ3) is 6.16. The van der Waals surface area contributed by atoms with E-state index >= 15 is 0 Å². The van der Waals surface area contributed by atoms with Crippen LogP contribution in [0.2, 0.25) is 5.02 Å². The van der Waals surface area contributed by atoms with Crippen molar-refractivity contribution in [2.24, 2.45) is 0 Å². The Hall–Kier alpha value is -2.14. The summed E-state index contributed by atoms with van der Waals surface area (Å²) in [5.74, 6) is 0.305. The average Bonchev–Trinajstić information content (AvgIpc) is 2.61.